The van der Waals surface area contributed by atoms with Crippen molar-refractivity contribution in [1.82, 2.24) is 10.1 Å². The van der Waals surface area contributed by atoms with Crippen molar-refractivity contribution in [1.29, 1.82) is 0 Å². The molecule has 0 saturated carbocycles. The van der Waals surface area contributed by atoms with Crippen molar-refractivity contribution in [2.45, 2.75) is 13.3 Å². The largest absolute Gasteiger partial charge is 0.361 e. The molecule has 0 saturated heterocycles. The average Bonchev–Trinajstić information content (AvgIpc) is 2.35. The Morgan fingerprint density at radius 2 is 2.33 bits per heavy atom. The maximum absolute atomic E-state index is 11.2. The highest BCUT2D eigenvalue weighted by atomic mass is 16.5. The van der Waals surface area contributed by atoms with Crippen molar-refractivity contribution in [3.05, 3.63) is 17.5 Å². The van der Waals surface area contributed by atoms with Gasteiger partial charge in [0.1, 0.15) is 5.76 Å². The zero-order valence-electron chi connectivity index (χ0n) is 7.50. The van der Waals surface area contributed by atoms with Crippen molar-refractivity contribution in [3.8, 4) is 0 Å². The van der Waals surface area contributed by atoms with Gasteiger partial charge in [-0.1, -0.05) is 5.16 Å². The number of carbonyl (C=O) groups excluding carboxylic acids is 1. The summed E-state index contributed by atoms with van der Waals surface area (Å²) in [5, 5.41) is 3.68. The molecule has 0 atom stereocenters. The number of likely N-dealkylation sites (N-methyl/N-ethyl adjacent to an activating group) is 1. The molecule has 0 spiro atoms. The van der Waals surface area contributed by atoms with Crippen molar-refractivity contribution in [2.24, 2.45) is 0 Å². The molecule has 0 aliphatic rings. The number of rotatable bonds is 2. The first-order valence-electron chi connectivity index (χ1n) is 3.72. The number of amides is 1. The van der Waals surface area contributed by atoms with Crippen LogP contribution in [0.4, 0.5) is 0 Å². The lowest BCUT2D eigenvalue weighted by atomic mass is 10.3. The second-order valence-electron chi connectivity index (χ2n) is 2.90. The monoisotopic (exact) mass is 168 g/mol. The molecule has 1 amide bonds. The Labute approximate surface area is 71.1 Å². The average molecular weight is 168 g/mol. The highest BCUT2D eigenvalue weighted by Crippen LogP contribution is 2.03. The van der Waals surface area contributed by atoms with Gasteiger partial charge >= 0.3 is 0 Å². The molecule has 0 aliphatic heterocycles. The van der Waals surface area contributed by atoms with Crippen LogP contribution >= 0.6 is 0 Å². The normalized spacial score (nSPS) is 9.92. The van der Waals surface area contributed by atoms with Crippen LogP contribution in [0.5, 0.6) is 0 Å². The van der Waals surface area contributed by atoms with Crippen LogP contribution in [0, 0.1) is 6.92 Å². The standard InChI is InChI=1S/C8H12N2O2/c1-6-4-7(12-9-6)5-8(11)10(2)3/h4H,5H2,1-3H3. The molecular formula is C8H12N2O2. The molecule has 0 radical (unpaired) electrons. The highest BCUT2D eigenvalue weighted by molar-refractivity contribution is 5.77. The lowest BCUT2D eigenvalue weighted by Gasteiger charge is -2.07. The molecule has 1 aromatic heterocycles. The van der Waals surface area contributed by atoms with E-state index in [0.29, 0.717) is 5.76 Å². The van der Waals surface area contributed by atoms with Gasteiger partial charge in [0.2, 0.25) is 5.91 Å². The Kier molecular flexibility index (Phi) is 2.47. The summed E-state index contributed by atoms with van der Waals surface area (Å²) in [6.45, 7) is 1.83. The van der Waals surface area contributed by atoms with Crippen LogP contribution in [0.1, 0.15) is 11.5 Å². The van der Waals surface area contributed by atoms with E-state index in [1.165, 1.54) is 4.90 Å². The summed E-state index contributed by atoms with van der Waals surface area (Å²) in [4.78, 5) is 12.7. The third-order valence-electron chi connectivity index (χ3n) is 1.50. The first-order chi connectivity index (χ1) is 5.59. The van der Waals surface area contributed by atoms with Crippen molar-refractivity contribution >= 4 is 5.91 Å². The summed E-state index contributed by atoms with van der Waals surface area (Å²) < 4.78 is 4.89. The molecule has 0 unspecified atom stereocenters. The van der Waals surface area contributed by atoms with Crippen molar-refractivity contribution in [3.63, 3.8) is 0 Å². The van der Waals surface area contributed by atoms with Gasteiger partial charge < -0.3 is 9.42 Å². The minimum atomic E-state index is 0.0196. The molecule has 4 nitrogen and oxygen atoms in total. The van der Waals surface area contributed by atoms with Crippen LogP contribution in [-0.4, -0.2) is 30.1 Å². The summed E-state index contributed by atoms with van der Waals surface area (Å²) in [6, 6.07) is 1.77. The number of aromatic nitrogens is 1. The van der Waals surface area contributed by atoms with Gasteiger partial charge in [-0.3, -0.25) is 4.79 Å². The topological polar surface area (TPSA) is 46.3 Å². The van der Waals surface area contributed by atoms with Gasteiger partial charge in [-0.2, -0.15) is 0 Å². The second kappa shape index (κ2) is 3.38. The minimum Gasteiger partial charge on any atom is -0.361 e. The molecule has 0 N–H and O–H groups in total. The molecule has 1 aromatic rings. The Bertz CT molecular complexity index is 278. The molecule has 0 aromatic carbocycles. The molecule has 1 heterocycles. The lowest BCUT2D eigenvalue weighted by molar-refractivity contribution is -0.128. The predicted molar refractivity (Wildman–Crippen MR) is 43.6 cm³/mol. The summed E-state index contributed by atoms with van der Waals surface area (Å²) in [5.41, 5.74) is 0.802. The Morgan fingerprint density at radius 3 is 2.75 bits per heavy atom. The second-order valence-corrected chi connectivity index (χ2v) is 2.90. The molecule has 4 heteroatoms. The van der Waals surface area contributed by atoms with E-state index in [-0.39, 0.29) is 12.3 Å². The number of carbonyl (C=O) groups is 1. The van der Waals surface area contributed by atoms with Crippen LogP contribution in [0.15, 0.2) is 10.6 Å². The van der Waals surface area contributed by atoms with Crippen LogP contribution < -0.4 is 0 Å². The molecule has 1 rings (SSSR count). The van der Waals surface area contributed by atoms with Gasteiger partial charge in [0, 0.05) is 20.2 Å². The zero-order chi connectivity index (χ0) is 9.14. The van der Waals surface area contributed by atoms with Crippen LogP contribution in [0.2, 0.25) is 0 Å². The Balaban J connectivity index is 2.58. The molecule has 0 fully saturated rings. The first-order valence-corrected chi connectivity index (χ1v) is 3.72. The van der Waals surface area contributed by atoms with E-state index >= 15 is 0 Å². The maximum atomic E-state index is 11.2. The van der Waals surface area contributed by atoms with Gasteiger partial charge in [0.05, 0.1) is 12.1 Å². The van der Waals surface area contributed by atoms with Crippen LogP contribution in [0.3, 0.4) is 0 Å². The molecular weight excluding hydrogens is 156 g/mol. The number of nitrogens with zero attached hydrogens (tertiary/aromatic N) is 2. The van der Waals surface area contributed by atoms with E-state index in [4.69, 9.17) is 4.52 Å². The summed E-state index contributed by atoms with van der Waals surface area (Å²) >= 11 is 0. The highest BCUT2D eigenvalue weighted by Gasteiger charge is 2.08. The molecule has 0 aliphatic carbocycles. The smallest absolute Gasteiger partial charge is 0.229 e. The first kappa shape index (κ1) is 8.77. The van der Waals surface area contributed by atoms with Gasteiger partial charge in [-0.25, -0.2) is 0 Å². The molecule has 12 heavy (non-hydrogen) atoms. The SMILES string of the molecule is Cc1cc(CC(=O)N(C)C)on1. The fourth-order valence-corrected chi connectivity index (χ4v) is 0.807. The van der Waals surface area contributed by atoms with E-state index < -0.39 is 0 Å². The molecule has 0 bridgehead atoms. The fourth-order valence-electron chi connectivity index (χ4n) is 0.807. The third kappa shape index (κ3) is 2.08. The minimum absolute atomic E-state index is 0.0196. The predicted octanol–water partition coefficient (Wildman–Crippen LogP) is 0.614. The summed E-state index contributed by atoms with van der Waals surface area (Å²) in [7, 11) is 3.43. The van der Waals surface area contributed by atoms with Crippen molar-refractivity contribution < 1.29 is 9.32 Å². The van der Waals surface area contributed by atoms with E-state index in [0.717, 1.165) is 5.69 Å². The van der Waals surface area contributed by atoms with Gasteiger partial charge in [0.25, 0.3) is 0 Å². The van der Waals surface area contributed by atoms with E-state index in [1.807, 2.05) is 6.92 Å². The van der Waals surface area contributed by atoms with E-state index in [9.17, 15) is 4.79 Å². The lowest BCUT2D eigenvalue weighted by Crippen LogP contribution is -2.23. The third-order valence-corrected chi connectivity index (χ3v) is 1.50. The Morgan fingerprint density at radius 1 is 1.67 bits per heavy atom. The number of aryl methyl sites for hydroxylation is 1. The molecule has 66 valence electrons. The fraction of sp³-hybridized carbons (Fsp3) is 0.500. The van der Waals surface area contributed by atoms with Crippen LogP contribution in [-0.2, 0) is 11.2 Å². The van der Waals surface area contributed by atoms with Crippen molar-refractivity contribution in [2.75, 3.05) is 14.1 Å². The number of hydrogen-bond acceptors (Lipinski definition) is 3. The van der Waals surface area contributed by atoms with Gasteiger partial charge in [-0.05, 0) is 6.92 Å². The van der Waals surface area contributed by atoms with Crippen LogP contribution in [0.25, 0.3) is 0 Å². The maximum Gasteiger partial charge on any atom is 0.229 e. The van der Waals surface area contributed by atoms with Gasteiger partial charge in [0.15, 0.2) is 0 Å². The van der Waals surface area contributed by atoms with E-state index in [1.54, 1.807) is 20.2 Å². The quantitative estimate of drug-likeness (QED) is 0.650. The van der Waals surface area contributed by atoms with E-state index in [2.05, 4.69) is 5.16 Å². The zero-order valence-corrected chi connectivity index (χ0v) is 7.50. The Hall–Kier alpha value is -1.32. The summed E-state index contributed by atoms with van der Waals surface area (Å²) in [6.07, 6.45) is 0.286. The number of hydrogen-bond donors (Lipinski definition) is 0. The summed E-state index contributed by atoms with van der Waals surface area (Å²) in [5.74, 6) is 0.636. The van der Waals surface area contributed by atoms with Gasteiger partial charge in [-0.15, -0.1) is 0 Å².